The van der Waals surface area contributed by atoms with Gasteiger partial charge in [0.1, 0.15) is 0 Å². The highest BCUT2D eigenvalue weighted by Gasteiger charge is 2.05. The van der Waals surface area contributed by atoms with Crippen LogP contribution in [0.25, 0.3) is 0 Å². The van der Waals surface area contributed by atoms with Gasteiger partial charge in [0.15, 0.2) is 0 Å². The second-order valence-electron chi connectivity index (χ2n) is 3.85. The van der Waals surface area contributed by atoms with Gasteiger partial charge in [-0.3, -0.25) is 0 Å². The Morgan fingerprint density at radius 2 is 1.71 bits per heavy atom. The van der Waals surface area contributed by atoms with Crippen LogP contribution in [-0.4, -0.2) is 0 Å². The van der Waals surface area contributed by atoms with Gasteiger partial charge in [0.25, 0.3) is 0 Å². The fraction of sp³-hybridized carbons (Fsp3) is 0.0769. The number of anilines is 2. The van der Waals surface area contributed by atoms with Crippen molar-refractivity contribution in [2.75, 3.05) is 11.5 Å². The van der Waals surface area contributed by atoms with Crippen LogP contribution in [0.3, 0.4) is 0 Å². The van der Waals surface area contributed by atoms with Crippen LogP contribution >= 0.6 is 23.2 Å². The highest BCUT2D eigenvalue weighted by Crippen LogP contribution is 2.27. The Balaban J connectivity index is 2.31. The van der Waals surface area contributed by atoms with Crippen molar-refractivity contribution in [3.05, 3.63) is 57.6 Å². The van der Waals surface area contributed by atoms with Crippen molar-refractivity contribution in [2.24, 2.45) is 0 Å². The molecule has 0 aliphatic carbocycles. The molecule has 0 amide bonds. The molecule has 2 nitrogen and oxygen atoms in total. The minimum atomic E-state index is 0.558. The van der Waals surface area contributed by atoms with Crippen LogP contribution in [-0.2, 0) is 6.42 Å². The minimum Gasteiger partial charge on any atom is -0.398 e. The highest BCUT2D eigenvalue weighted by atomic mass is 35.5. The highest BCUT2D eigenvalue weighted by molar-refractivity contribution is 6.34. The lowest BCUT2D eigenvalue weighted by Crippen LogP contribution is -1.95. The van der Waals surface area contributed by atoms with Crippen molar-refractivity contribution >= 4 is 34.6 Å². The predicted octanol–water partition coefficient (Wildman–Crippen LogP) is 3.75. The molecule has 4 heteroatoms. The number of rotatable bonds is 2. The minimum absolute atomic E-state index is 0.558. The Labute approximate surface area is 110 Å². The van der Waals surface area contributed by atoms with Crippen molar-refractivity contribution in [3.8, 4) is 0 Å². The van der Waals surface area contributed by atoms with Crippen molar-refractivity contribution in [1.82, 2.24) is 0 Å². The Morgan fingerprint density at radius 3 is 2.41 bits per heavy atom. The van der Waals surface area contributed by atoms with E-state index in [1.807, 2.05) is 24.3 Å². The number of hydrogen-bond donors (Lipinski definition) is 2. The molecule has 0 bridgehead atoms. The Hall–Kier alpha value is -1.38. The zero-order valence-corrected chi connectivity index (χ0v) is 10.6. The first kappa shape index (κ1) is 12.1. The molecule has 0 aromatic heterocycles. The molecule has 0 atom stereocenters. The zero-order chi connectivity index (χ0) is 12.4. The molecule has 0 aliphatic rings. The SMILES string of the molecule is Nc1ccc(Cc2cccc(N)c2Cl)cc1Cl. The van der Waals surface area contributed by atoms with Gasteiger partial charge in [-0.25, -0.2) is 0 Å². The standard InChI is InChI=1S/C13H12Cl2N2/c14-10-7-8(4-5-11(10)16)6-9-2-1-3-12(17)13(9)15/h1-5,7H,6,16-17H2. The quantitative estimate of drug-likeness (QED) is 0.814. The molecule has 4 N–H and O–H groups in total. The summed E-state index contributed by atoms with van der Waals surface area (Å²) >= 11 is 12.1. The van der Waals surface area contributed by atoms with E-state index in [0.29, 0.717) is 27.8 Å². The third-order valence-corrected chi connectivity index (χ3v) is 3.36. The van der Waals surface area contributed by atoms with Crippen molar-refractivity contribution in [1.29, 1.82) is 0 Å². The zero-order valence-electron chi connectivity index (χ0n) is 9.08. The van der Waals surface area contributed by atoms with Crippen molar-refractivity contribution in [3.63, 3.8) is 0 Å². The van der Waals surface area contributed by atoms with E-state index in [2.05, 4.69) is 0 Å². The van der Waals surface area contributed by atoms with Gasteiger partial charge in [-0.15, -0.1) is 0 Å². The van der Waals surface area contributed by atoms with Crippen LogP contribution in [0.5, 0.6) is 0 Å². The maximum Gasteiger partial charge on any atom is 0.0670 e. The summed E-state index contributed by atoms with van der Waals surface area (Å²) in [5.41, 5.74) is 14.6. The van der Waals surface area contributed by atoms with Crippen molar-refractivity contribution < 1.29 is 0 Å². The Bertz CT molecular complexity index is 553. The van der Waals surface area contributed by atoms with Gasteiger partial charge in [0.2, 0.25) is 0 Å². The Kier molecular flexibility index (Phi) is 3.46. The molecule has 88 valence electrons. The van der Waals surface area contributed by atoms with Crippen LogP contribution < -0.4 is 11.5 Å². The molecular formula is C13H12Cl2N2. The molecule has 0 unspecified atom stereocenters. The number of benzene rings is 2. The van der Waals surface area contributed by atoms with Gasteiger partial charge >= 0.3 is 0 Å². The summed E-state index contributed by atoms with van der Waals surface area (Å²) in [4.78, 5) is 0. The summed E-state index contributed by atoms with van der Waals surface area (Å²) in [6, 6.07) is 11.2. The summed E-state index contributed by atoms with van der Waals surface area (Å²) in [5, 5.41) is 1.16. The van der Waals surface area contributed by atoms with Gasteiger partial charge in [-0.05, 0) is 35.7 Å². The molecule has 0 saturated carbocycles. The van der Waals surface area contributed by atoms with Crippen LogP contribution in [0.4, 0.5) is 11.4 Å². The van der Waals surface area contributed by atoms with Gasteiger partial charge in [0, 0.05) is 0 Å². The van der Waals surface area contributed by atoms with Crippen LogP contribution in [0.15, 0.2) is 36.4 Å². The van der Waals surface area contributed by atoms with E-state index in [9.17, 15) is 0 Å². The fourth-order valence-corrected chi connectivity index (χ4v) is 2.03. The molecule has 0 aliphatic heterocycles. The second kappa shape index (κ2) is 4.86. The number of nitrogens with two attached hydrogens (primary N) is 2. The molecule has 0 heterocycles. The number of halogens is 2. The maximum absolute atomic E-state index is 6.13. The van der Waals surface area contributed by atoms with Crippen LogP contribution in [0.1, 0.15) is 11.1 Å². The third kappa shape index (κ3) is 2.65. The molecule has 2 rings (SSSR count). The number of nitrogen functional groups attached to an aromatic ring is 2. The van der Waals surface area contributed by atoms with Crippen LogP contribution in [0.2, 0.25) is 10.0 Å². The van der Waals surface area contributed by atoms with Gasteiger partial charge in [-0.1, -0.05) is 41.4 Å². The lowest BCUT2D eigenvalue weighted by molar-refractivity contribution is 1.20. The summed E-state index contributed by atoms with van der Waals surface area (Å²) in [7, 11) is 0. The normalized spacial score (nSPS) is 10.5. The average Bonchev–Trinajstić information content (AvgIpc) is 2.30. The first-order chi connectivity index (χ1) is 8.08. The first-order valence-corrected chi connectivity index (χ1v) is 5.90. The Morgan fingerprint density at radius 1 is 0.941 bits per heavy atom. The smallest absolute Gasteiger partial charge is 0.0670 e. The van der Waals surface area contributed by atoms with E-state index in [-0.39, 0.29) is 0 Å². The van der Waals surface area contributed by atoms with Crippen molar-refractivity contribution in [2.45, 2.75) is 6.42 Å². The summed E-state index contributed by atoms with van der Waals surface area (Å²) < 4.78 is 0. The van der Waals surface area contributed by atoms with E-state index in [0.717, 1.165) is 11.1 Å². The lowest BCUT2D eigenvalue weighted by atomic mass is 10.0. The number of hydrogen-bond acceptors (Lipinski definition) is 2. The monoisotopic (exact) mass is 266 g/mol. The summed E-state index contributed by atoms with van der Waals surface area (Å²) in [6.45, 7) is 0. The van der Waals surface area contributed by atoms with Gasteiger partial charge in [-0.2, -0.15) is 0 Å². The molecule has 17 heavy (non-hydrogen) atoms. The molecule has 2 aromatic rings. The van der Waals surface area contributed by atoms with E-state index < -0.39 is 0 Å². The summed E-state index contributed by atoms with van der Waals surface area (Å²) in [6.07, 6.45) is 0.684. The van der Waals surface area contributed by atoms with E-state index in [4.69, 9.17) is 34.7 Å². The molecular weight excluding hydrogens is 255 g/mol. The third-order valence-electron chi connectivity index (χ3n) is 2.57. The maximum atomic E-state index is 6.13. The summed E-state index contributed by atoms with van der Waals surface area (Å²) in [5.74, 6) is 0. The molecule has 0 radical (unpaired) electrons. The predicted molar refractivity (Wildman–Crippen MR) is 74.5 cm³/mol. The van der Waals surface area contributed by atoms with E-state index in [1.54, 1.807) is 12.1 Å². The van der Waals surface area contributed by atoms with Gasteiger partial charge < -0.3 is 11.5 Å². The lowest BCUT2D eigenvalue weighted by Gasteiger charge is -2.07. The topological polar surface area (TPSA) is 52.0 Å². The first-order valence-electron chi connectivity index (χ1n) is 5.14. The van der Waals surface area contributed by atoms with E-state index in [1.165, 1.54) is 0 Å². The largest absolute Gasteiger partial charge is 0.398 e. The molecule has 0 fully saturated rings. The molecule has 0 saturated heterocycles. The van der Waals surface area contributed by atoms with Gasteiger partial charge in [0.05, 0.1) is 21.4 Å². The second-order valence-corrected chi connectivity index (χ2v) is 4.64. The van der Waals surface area contributed by atoms with Crippen LogP contribution in [0, 0.1) is 0 Å². The fourth-order valence-electron chi connectivity index (χ4n) is 1.64. The average molecular weight is 267 g/mol. The molecule has 0 spiro atoms. The molecule has 2 aromatic carbocycles. The van der Waals surface area contributed by atoms with E-state index >= 15 is 0 Å².